The Morgan fingerprint density at radius 2 is 1.73 bits per heavy atom. The van der Waals surface area contributed by atoms with Gasteiger partial charge in [-0.15, -0.1) is 0 Å². The predicted octanol–water partition coefficient (Wildman–Crippen LogP) is 7.03. The van der Waals surface area contributed by atoms with Crippen LogP contribution in [0.3, 0.4) is 0 Å². The number of esters is 3. The molecular weight excluding hydrogens is 725 g/mol. The van der Waals surface area contributed by atoms with E-state index in [4.69, 9.17) is 44.1 Å². The normalized spacial score (nSPS) is 25.5. The highest BCUT2D eigenvalue weighted by Crippen LogP contribution is 2.58. The molecule has 2 aliphatic heterocycles. The molecule has 0 aliphatic carbocycles. The minimum atomic E-state index is -4.42. The number of phosphoric ester groups is 1. The van der Waals surface area contributed by atoms with Crippen molar-refractivity contribution >= 4 is 37.3 Å². The van der Waals surface area contributed by atoms with Crippen molar-refractivity contribution in [3.05, 3.63) is 68.0 Å². The molecule has 0 radical (unpaired) electrons. The van der Waals surface area contributed by atoms with E-state index in [2.05, 4.69) is 15.0 Å². The summed E-state index contributed by atoms with van der Waals surface area (Å²) in [6, 6.07) is 7.95. The number of carbonyl (C=O) groups excluding carboxylic acids is 3. The fourth-order valence-corrected chi connectivity index (χ4v) is 7.02. The van der Waals surface area contributed by atoms with E-state index in [1.54, 1.807) is 24.3 Å². The van der Waals surface area contributed by atoms with Gasteiger partial charge in [0.15, 0.2) is 18.4 Å². The Morgan fingerprint density at radius 1 is 1.06 bits per heavy atom. The van der Waals surface area contributed by atoms with Gasteiger partial charge in [0.2, 0.25) is 11.6 Å². The summed E-state index contributed by atoms with van der Waals surface area (Å²) in [5, 5.41) is 4.22. The van der Waals surface area contributed by atoms with Crippen LogP contribution in [0.25, 0.3) is 10.4 Å². The summed E-state index contributed by atoms with van der Waals surface area (Å²) in [5.74, 6) is -2.38. The number of unbranched alkanes of at least 4 members (excludes halogenated alkanes) is 3. The van der Waals surface area contributed by atoms with Crippen molar-refractivity contribution in [2.24, 2.45) is 5.11 Å². The Labute approximate surface area is 305 Å². The van der Waals surface area contributed by atoms with Crippen LogP contribution in [0.2, 0.25) is 5.02 Å². The second kappa shape index (κ2) is 19.3. The number of nitrogens with zero attached hydrogens (tertiary/aromatic N) is 5. The second-order valence-electron chi connectivity index (χ2n) is 12.1. The fraction of sp³-hybridized carbons (Fsp3) is 0.606. The van der Waals surface area contributed by atoms with Crippen LogP contribution in [-0.2, 0) is 46.7 Å². The van der Waals surface area contributed by atoms with E-state index in [1.165, 1.54) is 12.3 Å². The molecule has 1 unspecified atom stereocenters. The fourth-order valence-electron chi connectivity index (χ4n) is 5.42. The maximum atomic E-state index is 13.9. The van der Waals surface area contributed by atoms with E-state index in [0.29, 0.717) is 49.1 Å². The molecule has 0 spiro atoms. The lowest BCUT2D eigenvalue weighted by Crippen LogP contribution is -2.49. The number of benzene rings is 1. The molecule has 1 aromatic carbocycles. The predicted molar refractivity (Wildman–Crippen MR) is 184 cm³/mol. The first-order valence-corrected chi connectivity index (χ1v) is 19.1. The number of halogens is 1. The van der Waals surface area contributed by atoms with Crippen LogP contribution in [0.15, 0.2) is 46.4 Å². The number of phosphoric acid groups is 1. The minimum Gasteiger partial charge on any atom is -0.455 e. The SMILES string of the molecule is CCCCC(=O)Oc1ccn(C2O[C@@](CO[P@@]3(=O)OCC[C@@H](c4cccc(Cl)c4)O3)(N=[N+]=[N-])[C@@H](OC(=O)CCCC)[C@H]2OC(=O)CCCC)c(=O)n1. The zero-order valence-corrected chi connectivity index (χ0v) is 30.9. The zero-order valence-electron chi connectivity index (χ0n) is 29.2. The molecule has 2 fully saturated rings. The highest BCUT2D eigenvalue weighted by atomic mass is 35.5. The zero-order chi connectivity index (χ0) is 37.7. The lowest BCUT2D eigenvalue weighted by molar-refractivity contribution is -0.173. The molecule has 17 nitrogen and oxygen atoms in total. The molecule has 2 aromatic rings. The third-order valence-corrected chi connectivity index (χ3v) is 9.82. The lowest BCUT2D eigenvalue weighted by Gasteiger charge is -2.33. The smallest absolute Gasteiger partial charge is 0.455 e. The summed E-state index contributed by atoms with van der Waals surface area (Å²) >= 11 is 6.15. The number of rotatable bonds is 18. The molecule has 4 rings (SSSR count). The van der Waals surface area contributed by atoms with Gasteiger partial charge in [-0.3, -0.25) is 32.5 Å². The molecule has 1 aromatic heterocycles. The van der Waals surface area contributed by atoms with Gasteiger partial charge < -0.3 is 18.9 Å². The highest BCUT2D eigenvalue weighted by molar-refractivity contribution is 7.48. The van der Waals surface area contributed by atoms with Crippen molar-refractivity contribution in [1.29, 1.82) is 0 Å². The number of hydrogen-bond acceptors (Lipinski definition) is 14. The first kappa shape index (κ1) is 40.9. The summed E-state index contributed by atoms with van der Waals surface area (Å²) in [5.41, 5.74) is 6.98. The summed E-state index contributed by atoms with van der Waals surface area (Å²) in [4.78, 5) is 58.6. The van der Waals surface area contributed by atoms with Gasteiger partial charge in [-0.2, -0.15) is 4.98 Å². The Hall–Kier alpha value is -3.82. The van der Waals surface area contributed by atoms with Crippen molar-refractivity contribution in [3.8, 4) is 5.88 Å². The molecule has 0 amide bonds. The van der Waals surface area contributed by atoms with E-state index in [1.807, 2.05) is 20.8 Å². The monoisotopic (exact) mass is 767 g/mol. The molecule has 3 heterocycles. The maximum Gasteiger partial charge on any atom is 0.475 e. The largest absolute Gasteiger partial charge is 0.475 e. The quantitative estimate of drug-likeness (QED) is 0.0490. The van der Waals surface area contributed by atoms with Crippen molar-refractivity contribution in [2.75, 3.05) is 13.2 Å². The van der Waals surface area contributed by atoms with Crippen LogP contribution in [-0.4, -0.2) is 58.6 Å². The maximum absolute atomic E-state index is 13.9. The van der Waals surface area contributed by atoms with E-state index >= 15 is 0 Å². The van der Waals surface area contributed by atoms with Crippen LogP contribution < -0.4 is 10.4 Å². The van der Waals surface area contributed by atoms with E-state index in [9.17, 15) is 29.3 Å². The van der Waals surface area contributed by atoms with Gasteiger partial charge in [0.25, 0.3) is 0 Å². The Kier molecular flexibility index (Phi) is 15.2. The van der Waals surface area contributed by atoms with Crippen LogP contribution in [0.1, 0.15) is 103 Å². The Bertz CT molecular complexity index is 1720. The van der Waals surface area contributed by atoms with Crippen molar-refractivity contribution in [3.63, 3.8) is 0 Å². The molecule has 0 N–H and O–H groups in total. The van der Waals surface area contributed by atoms with Crippen LogP contribution in [0.4, 0.5) is 0 Å². The third-order valence-electron chi connectivity index (χ3n) is 8.12. The van der Waals surface area contributed by atoms with Gasteiger partial charge in [0.1, 0.15) is 0 Å². The van der Waals surface area contributed by atoms with Gasteiger partial charge in [-0.25, -0.2) is 9.36 Å². The first-order chi connectivity index (χ1) is 25.0. The standard InChI is InChI=1S/C33H43ClN5O12P/c1-4-7-13-26(40)47-25-16-18-39(32(43)36-25)31-29(48-27(41)14-8-5-2)30(49-28(42)15-9-6-3)33(50-31,37-38-35)21-46-52(44)45-19-17-24(51-52)22-11-10-12-23(34)20-22/h10-12,16,18,20,24,29-31H,4-9,13-15,17,19,21H2,1-3H3/t24-,29+,30-,31?,33+,52+/m0/s1. The van der Waals surface area contributed by atoms with E-state index in [0.717, 1.165) is 11.0 Å². The third kappa shape index (κ3) is 10.9. The summed E-state index contributed by atoms with van der Waals surface area (Å²) in [6.07, 6.45) is -0.751. The number of ether oxygens (including phenoxy) is 4. The number of aromatic nitrogens is 2. The van der Waals surface area contributed by atoms with E-state index < -0.39 is 68.3 Å². The van der Waals surface area contributed by atoms with Crippen molar-refractivity contribution in [1.82, 2.24) is 9.55 Å². The van der Waals surface area contributed by atoms with E-state index in [-0.39, 0.29) is 31.7 Å². The van der Waals surface area contributed by atoms with Gasteiger partial charge in [0.05, 0.1) is 19.3 Å². The topological polar surface area (TPSA) is 217 Å². The van der Waals surface area contributed by atoms with Gasteiger partial charge >= 0.3 is 31.4 Å². The Morgan fingerprint density at radius 3 is 2.37 bits per heavy atom. The summed E-state index contributed by atoms with van der Waals surface area (Å²) in [6.45, 7) is 4.68. The number of carbonyl (C=O) groups is 3. The average Bonchev–Trinajstić information content (AvgIpc) is 3.39. The molecule has 2 aliphatic rings. The highest BCUT2D eigenvalue weighted by Gasteiger charge is 2.61. The van der Waals surface area contributed by atoms with Gasteiger partial charge in [-0.05, 0) is 42.5 Å². The summed E-state index contributed by atoms with van der Waals surface area (Å²) in [7, 11) is -4.42. The Balaban J connectivity index is 1.73. The van der Waals surface area contributed by atoms with Crippen molar-refractivity contribution < 1.29 is 51.5 Å². The molecule has 19 heteroatoms. The van der Waals surface area contributed by atoms with Gasteiger partial charge in [0, 0.05) is 47.9 Å². The minimum absolute atomic E-state index is 0.0389. The molecule has 284 valence electrons. The molecule has 0 bridgehead atoms. The lowest BCUT2D eigenvalue weighted by atomic mass is 10.0. The molecule has 2 saturated heterocycles. The average molecular weight is 768 g/mol. The number of azide groups is 1. The molecule has 0 saturated carbocycles. The number of hydrogen-bond donors (Lipinski definition) is 0. The molecule has 52 heavy (non-hydrogen) atoms. The van der Waals surface area contributed by atoms with Crippen LogP contribution in [0, 0.1) is 0 Å². The first-order valence-electron chi connectivity index (χ1n) is 17.2. The van der Waals surface area contributed by atoms with Crippen LogP contribution >= 0.6 is 19.4 Å². The van der Waals surface area contributed by atoms with Crippen LogP contribution in [0.5, 0.6) is 5.88 Å². The summed E-state index contributed by atoms with van der Waals surface area (Å²) < 4.78 is 54.6. The van der Waals surface area contributed by atoms with Crippen molar-refractivity contribution in [2.45, 2.75) is 115 Å². The van der Waals surface area contributed by atoms with Gasteiger partial charge in [-0.1, -0.05) is 68.9 Å². The molecule has 6 atom stereocenters. The molecular formula is C33H43ClN5O12P. The second-order valence-corrected chi connectivity index (χ2v) is 14.2.